The number of carbonyl (C=O) groups excluding carboxylic acids is 1. The number of fused-ring (bicyclic) bond motifs is 1. The molecule has 3 aromatic rings. The lowest BCUT2D eigenvalue weighted by Gasteiger charge is -2.14. The molecule has 8 heteroatoms. The molecule has 1 amide bonds. The summed E-state index contributed by atoms with van der Waals surface area (Å²) in [6.45, 7) is 1.81. The highest BCUT2D eigenvalue weighted by Crippen LogP contribution is 2.21. The van der Waals surface area contributed by atoms with Gasteiger partial charge in [-0.05, 0) is 48.9 Å². The molecule has 0 fully saturated rings. The first-order valence-electron chi connectivity index (χ1n) is 7.46. The average Bonchev–Trinajstić information content (AvgIpc) is 2.97. The van der Waals surface area contributed by atoms with Gasteiger partial charge in [0.05, 0.1) is 10.9 Å². The van der Waals surface area contributed by atoms with Crippen molar-refractivity contribution in [2.24, 2.45) is 5.14 Å². The largest absolute Gasteiger partial charge is 0.351 e. The number of benzene rings is 2. The van der Waals surface area contributed by atoms with Crippen molar-refractivity contribution >= 4 is 38.4 Å². The summed E-state index contributed by atoms with van der Waals surface area (Å²) in [6, 6.07) is 12.8. The fourth-order valence-corrected chi connectivity index (χ4v) is 3.23. The molecule has 0 bridgehead atoms. The zero-order chi connectivity index (χ0) is 18.2. The van der Waals surface area contributed by atoms with Crippen LogP contribution in [0.3, 0.4) is 0 Å². The fourth-order valence-electron chi connectivity index (χ4n) is 2.53. The third-order valence-electron chi connectivity index (χ3n) is 3.88. The first-order chi connectivity index (χ1) is 11.7. The smallest absolute Gasteiger partial charge is 0.268 e. The van der Waals surface area contributed by atoms with Gasteiger partial charge in [-0.25, -0.2) is 13.6 Å². The van der Waals surface area contributed by atoms with Crippen LogP contribution < -0.4 is 10.5 Å². The molecule has 6 nitrogen and oxygen atoms in total. The van der Waals surface area contributed by atoms with Gasteiger partial charge in [0.15, 0.2) is 0 Å². The third kappa shape index (κ3) is 3.84. The Morgan fingerprint density at radius 2 is 1.84 bits per heavy atom. The number of nitrogens with one attached hydrogen (secondary N) is 2. The van der Waals surface area contributed by atoms with E-state index in [9.17, 15) is 13.2 Å². The lowest BCUT2D eigenvalue weighted by molar-refractivity contribution is 0.0935. The Hall–Kier alpha value is -2.35. The molecule has 25 heavy (non-hydrogen) atoms. The van der Waals surface area contributed by atoms with Crippen LogP contribution in [0.2, 0.25) is 5.02 Å². The Kier molecular flexibility index (Phi) is 4.55. The zero-order valence-electron chi connectivity index (χ0n) is 13.3. The van der Waals surface area contributed by atoms with E-state index < -0.39 is 10.0 Å². The Morgan fingerprint density at radius 1 is 1.16 bits per heavy atom. The van der Waals surface area contributed by atoms with Gasteiger partial charge in [-0.1, -0.05) is 23.7 Å². The summed E-state index contributed by atoms with van der Waals surface area (Å²) in [7, 11) is -3.73. The zero-order valence-corrected chi connectivity index (χ0v) is 14.9. The van der Waals surface area contributed by atoms with Crippen LogP contribution in [0, 0.1) is 0 Å². The molecule has 0 aliphatic carbocycles. The SMILES string of the molecule is CC(NC(=O)c1cc2cc(Cl)ccc2[nH]1)c1ccc(S(N)(=O)=O)cc1. The first-order valence-corrected chi connectivity index (χ1v) is 9.38. The Morgan fingerprint density at radius 3 is 2.48 bits per heavy atom. The normalized spacial score (nSPS) is 12.9. The van der Waals surface area contributed by atoms with Crippen molar-refractivity contribution in [3.8, 4) is 0 Å². The van der Waals surface area contributed by atoms with Gasteiger partial charge in [-0.15, -0.1) is 0 Å². The number of hydrogen-bond donors (Lipinski definition) is 3. The highest BCUT2D eigenvalue weighted by Gasteiger charge is 2.15. The number of rotatable bonds is 4. The molecule has 1 heterocycles. The van der Waals surface area contributed by atoms with E-state index in [-0.39, 0.29) is 16.8 Å². The van der Waals surface area contributed by atoms with Crippen LogP contribution in [0.15, 0.2) is 53.4 Å². The first kappa shape index (κ1) is 17.5. The number of aromatic amines is 1. The maximum atomic E-state index is 12.4. The van der Waals surface area contributed by atoms with Gasteiger partial charge >= 0.3 is 0 Å². The van der Waals surface area contributed by atoms with Gasteiger partial charge in [0.1, 0.15) is 5.69 Å². The van der Waals surface area contributed by atoms with Gasteiger partial charge in [-0.2, -0.15) is 0 Å². The van der Waals surface area contributed by atoms with Crippen LogP contribution >= 0.6 is 11.6 Å². The van der Waals surface area contributed by atoms with Crippen molar-refractivity contribution in [3.05, 3.63) is 64.8 Å². The second-order valence-corrected chi connectivity index (χ2v) is 7.72. The maximum Gasteiger partial charge on any atom is 0.268 e. The minimum atomic E-state index is -3.73. The molecule has 0 spiro atoms. The summed E-state index contributed by atoms with van der Waals surface area (Å²) in [5.74, 6) is -0.268. The van der Waals surface area contributed by atoms with Crippen LogP contribution in [0.25, 0.3) is 10.9 Å². The lowest BCUT2D eigenvalue weighted by Crippen LogP contribution is -2.27. The van der Waals surface area contributed by atoms with Crippen molar-refractivity contribution in [3.63, 3.8) is 0 Å². The molecular formula is C17H16ClN3O3S. The number of sulfonamides is 1. The maximum absolute atomic E-state index is 12.4. The number of nitrogens with two attached hydrogens (primary N) is 1. The molecule has 0 aliphatic heterocycles. The van der Waals surface area contributed by atoms with E-state index in [0.717, 1.165) is 16.5 Å². The molecule has 4 N–H and O–H groups in total. The third-order valence-corrected chi connectivity index (χ3v) is 5.05. The van der Waals surface area contributed by atoms with Crippen molar-refractivity contribution in [1.82, 2.24) is 10.3 Å². The lowest BCUT2D eigenvalue weighted by atomic mass is 10.1. The van der Waals surface area contributed by atoms with Crippen molar-refractivity contribution in [1.29, 1.82) is 0 Å². The number of aromatic nitrogens is 1. The summed E-state index contributed by atoms with van der Waals surface area (Å²) >= 11 is 5.95. The highest BCUT2D eigenvalue weighted by atomic mass is 35.5. The van der Waals surface area contributed by atoms with Crippen molar-refractivity contribution in [2.45, 2.75) is 17.9 Å². The summed E-state index contributed by atoms with van der Waals surface area (Å²) in [6.07, 6.45) is 0. The number of hydrogen-bond acceptors (Lipinski definition) is 3. The quantitative estimate of drug-likeness (QED) is 0.650. The van der Waals surface area contributed by atoms with Crippen molar-refractivity contribution in [2.75, 3.05) is 0 Å². The second-order valence-electron chi connectivity index (χ2n) is 5.72. The fraction of sp³-hybridized carbons (Fsp3) is 0.118. The monoisotopic (exact) mass is 377 g/mol. The number of primary sulfonamides is 1. The number of halogens is 1. The van der Waals surface area contributed by atoms with E-state index in [2.05, 4.69) is 10.3 Å². The van der Waals surface area contributed by atoms with Gasteiger partial charge in [0, 0.05) is 15.9 Å². The van der Waals surface area contributed by atoms with Crippen LogP contribution in [0.5, 0.6) is 0 Å². The molecule has 130 valence electrons. The van der Waals surface area contributed by atoms with E-state index in [1.165, 1.54) is 12.1 Å². The minimum absolute atomic E-state index is 0.0299. The Bertz CT molecular complexity index is 1040. The molecule has 1 aromatic heterocycles. The number of amides is 1. The molecule has 0 saturated heterocycles. The topological polar surface area (TPSA) is 105 Å². The van der Waals surface area contributed by atoms with Crippen LogP contribution in [-0.4, -0.2) is 19.3 Å². The molecule has 1 atom stereocenters. The molecule has 1 unspecified atom stereocenters. The number of carbonyl (C=O) groups is 1. The second kappa shape index (κ2) is 6.51. The summed E-state index contributed by atoms with van der Waals surface area (Å²) in [4.78, 5) is 15.5. The number of H-pyrrole nitrogens is 1. The Balaban J connectivity index is 1.77. The van der Waals surface area contributed by atoms with Crippen LogP contribution in [-0.2, 0) is 10.0 Å². The van der Waals surface area contributed by atoms with E-state index in [4.69, 9.17) is 16.7 Å². The van der Waals surface area contributed by atoms with Crippen molar-refractivity contribution < 1.29 is 13.2 Å². The molecule has 3 rings (SSSR count). The van der Waals surface area contributed by atoms with Gasteiger partial charge in [0.2, 0.25) is 10.0 Å². The molecule has 0 saturated carbocycles. The molecular weight excluding hydrogens is 362 g/mol. The summed E-state index contributed by atoms with van der Waals surface area (Å²) in [5, 5.41) is 9.39. The van der Waals surface area contributed by atoms with E-state index in [1.54, 1.807) is 30.3 Å². The Labute approximate surface area is 150 Å². The predicted octanol–water partition coefficient (Wildman–Crippen LogP) is 2.96. The van der Waals surface area contributed by atoms with E-state index >= 15 is 0 Å². The standard InChI is InChI=1S/C17H16ClN3O3S/c1-10(11-2-5-14(6-3-11)25(19,23)24)20-17(22)16-9-12-8-13(18)4-7-15(12)21-16/h2-10,21H,1H3,(H,20,22)(H2,19,23,24). The predicted molar refractivity (Wildman–Crippen MR) is 97.0 cm³/mol. The molecule has 2 aromatic carbocycles. The average molecular weight is 378 g/mol. The molecule has 0 radical (unpaired) electrons. The van der Waals surface area contributed by atoms with Gasteiger partial charge in [0.25, 0.3) is 5.91 Å². The molecule has 0 aliphatic rings. The van der Waals surface area contributed by atoms with Gasteiger partial charge < -0.3 is 10.3 Å². The van der Waals surface area contributed by atoms with E-state index in [1.807, 2.05) is 13.0 Å². The minimum Gasteiger partial charge on any atom is -0.351 e. The van der Waals surface area contributed by atoms with Crippen LogP contribution in [0.1, 0.15) is 29.0 Å². The summed E-state index contributed by atoms with van der Waals surface area (Å²) < 4.78 is 22.6. The van der Waals surface area contributed by atoms with Crippen LogP contribution in [0.4, 0.5) is 0 Å². The van der Waals surface area contributed by atoms with E-state index in [0.29, 0.717) is 10.7 Å². The van der Waals surface area contributed by atoms with Gasteiger partial charge in [-0.3, -0.25) is 4.79 Å². The summed E-state index contributed by atoms with van der Waals surface area (Å²) in [5.41, 5.74) is 2.00. The highest BCUT2D eigenvalue weighted by molar-refractivity contribution is 7.89.